The second-order valence-corrected chi connectivity index (χ2v) is 7.51. The summed E-state index contributed by atoms with van der Waals surface area (Å²) in [7, 11) is 0. The normalized spacial score (nSPS) is 10.9. The van der Waals surface area contributed by atoms with Crippen molar-refractivity contribution in [3.05, 3.63) is 61.1 Å². The Morgan fingerprint density at radius 2 is 1.93 bits per heavy atom. The molecule has 2 heterocycles. The Labute approximate surface area is 164 Å². The molecule has 2 aromatic heterocycles. The highest BCUT2D eigenvalue weighted by Gasteiger charge is 2.20. The molecule has 0 saturated heterocycles. The molecule has 4 N–H and O–H groups in total. The van der Waals surface area contributed by atoms with Crippen LogP contribution < -0.4 is 22.3 Å². The average molecular weight is 400 g/mol. The van der Waals surface area contributed by atoms with E-state index in [1.165, 1.54) is 0 Å². The van der Waals surface area contributed by atoms with Gasteiger partial charge in [0, 0.05) is 18.7 Å². The third-order valence-electron chi connectivity index (χ3n) is 4.48. The molecule has 0 spiro atoms. The predicted octanol–water partition coefficient (Wildman–Crippen LogP) is 1.89. The van der Waals surface area contributed by atoms with E-state index in [-0.39, 0.29) is 25.3 Å². The Kier molecular flexibility index (Phi) is 5.46. The number of anilines is 1. The Balaban J connectivity index is 1.99. The number of H-pyrrole nitrogens is 1. The van der Waals surface area contributed by atoms with Crippen molar-refractivity contribution < 1.29 is 9.59 Å². The first-order valence-corrected chi connectivity index (χ1v) is 9.52. The quantitative estimate of drug-likeness (QED) is 0.584. The van der Waals surface area contributed by atoms with Gasteiger partial charge in [0.2, 0.25) is 5.91 Å². The molecule has 0 aliphatic carbocycles. The minimum atomic E-state index is -0.575. The van der Waals surface area contributed by atoms with Crippen molar-refractivity contribution >= 4 is 39.1 Å². The number of rotatable bonds is 6. The maximum Gasteiger partial charge on any atom is 0.329 e. The fraction of sp³-hybridized carbons (Fsp3) is 0.263. The first-order valence-electron chi connectivity index (χ1n) is 8.71. The molecule has 9 heteroatoms. The van der Waals surface area contributed by atoms with Crippen LogP contribution in [0.2, 0.25) is 0 Å². The smallest absolute Gasteiger partial charge is 0.329 e. The van der Waals surface area contributed by atoms with Crippen molar-refractivity contribution in [3.63, 3.8) is 0 Å². The van der Waals surface area contributed by atoms with Crippen LogP contribution >= 0.6 is 11.3 Å². The summed E-state index contributed by atoms with van der Waals surface area (Å²) in [6.45, 7) is 3.64. The van der Waals surface area contributed by atoms with Crippen LogP contribution in [0.15, 0.2) is 33.9 Å². The Morgan fingerprint density at radius 1 is 1.21 bits per heavy atom. The molecule has 0 atom stereocenters. The monoisotopic (exact) mass is 400 g/mol. The summed E-state index contributed by atoms with van der Waals surface area (Å²) < 4.78 is 1.04. The number of thiophene rings is 1. The number of aromatic amines is 1. The SMILES string of the molecule is Cc1ccccc1NC(=O)c1sc2[nH]c(=O)n(CCCC(N)=O)c(=O)c2c1C. The number of hydrogen-bond donors (Lipinski definition) is 3. The van der Waals surface area contributed by atoms with Crippen molar-refractivity contribution in [3.8, 4) is 0 Å². The third-order valence-corrected chi connectivity index (χ3v) is 5.68. The third kappa shape index (κ3) is 3.74. The lowest BCUT2D eigenvalue weighted by atomic mass is 10.1. The highest BCUT2D eigenvalue weighted by Crippen LogP contribution is 2.27. The Hall–Kier alpha value is -3.20. The highest BCUT2D eigenvalue weighted by atomic mass is 32.1. The molecular formula is C19H20N4O4S. The van der Waals surface area contributed by atoms with Crippen molar-refractivity contribution in [2.75, 3.05) is 5.32 Å². The number of amides is 2. The maximum atomic E-state index is 12.8. The lowest BCUT2D eigenvalue weighted by Gasteiger charge is -2.07. The van der Waals surface area contributed by atoms with Crippen LogP contribution in [-0.2, 0) is 11.3 Å². The van der Waals surface area contributed by atoms with Crippen LogP contribution in [-0.4, -0.2) is 21.4 Å². The lowest BCUT2D eigenvalue weighted by molar-refractivity contribution is -0.118. The van der Waals surface area contributed by atoms with Gasteiger partial charge in [-0.3, -0.25) is 23.9 Å². The number of aromatic nitrogens is 2. The molecule has 2 amide bonds. The van der Waals surface area contributed by atoms with Crippen molar-refractivity contribution in [2.24, 2.45) is 5.73 Å². The van der Waals surface area contributed by atoms with Gasteiger partial charge in [0.05, 0.1) is 10.3 Å². The summed E-state index contributed by atoms with van der Waals surface area (Å²) in [6.07, 6.45) is 0.365. The predicted molar refractivity (Wildman–Crippen MR) is 109 cm³/mol. The van der Waals surface area contributed by atoms with Crippen LogP contribution in [0.4, 0.5) is 5.69 Å². The number of nitrogens with one attached hydrogen (secondary N) is 2. The summed E-state index contributed by atoms with van der Waals surface area (Å²) >= 11 is 1.07. The number of carbonyl (C=O) groups is 2. The van der Waals surface area contributed by atoms with Gasteiger partial charge in [-0.2, -0.15) is 0 Å². The van der Waals surface area contributed by atoms with Gasteiger partial charge >= 0.3 is 5.69 Å². The van der Waals surface area contributed by atoms with E-state index in [2.05, 4.69) is 10.3 Å². The Bertz CT molecular complexity index is 1190. The molecule has 0 unspecified atom stereocenters. The van der Waals surface area contributed by atoms with Crippen LogP contribution in [0.25, 0.3) is 10.2 Å². The summed E-state index contributed by atoms with van der Waals surface area (Å²) in [4.78, 5) is 52.0. The van der Waals surface area contributed by atoms with E-state index < -0.39 is 17.2 Å². The van der Waals surface area contributed by atoms with E-state index in [0.717, 1.165) is 21.5 Å². The minimum absolute atomic E-state index is 0.0765. The number of primary amides is 1. The molecule has 0 aliphatic rings. The second kappa shape index (κ2) is 7.81. The van der Waals surface area contributed by atoms with E-state index in [4.69, 9.17) is 5.73 Å². The van der Waals surface area contributed by atoms with Gasteiger partial charge in [0.25, 0.3) is 11.5 Å². The van der Waals surface area contributed by atoms with Gasteiger partial charge in [-0.05, 0) is 37.5 Å². The number of nitrogens with zero attached hydrogens (tertiary/aromatic N) is 1. The summed E-state index contributed by atoms with van der Waals surface area (Å²) in [5.41, 5.74) is 6.16. The Morgan fingerprint density at radius 3 is 2.61 bits per heavy atom. The fourth-order valence-electron chi connectivity index (χ4n) is 2.97. The zero-order chi connectivity index (χ0) is 20.4. The maximum absolute atomic E-state index is 12.8. The average Bonchev–Trinajstić information content (AvgIpc) is 2.96. The van der Waals surface area contributed by atoms with Gasteiger partial charge < -0.3 is 11.1 Å². The van der Waals surface area contributed by atoms with Gasteiger partial charge in [-0.1, -0.05) is 18.2 Å². The van der Waals surface area contributed by atoms with Gasteiger partial charge in [-0.15, -0.1) is 11.3 Å². The number of hydrogen-bond acceptors (Lipinski definition) is 5. The molecule has 0 saturated carbocycles. The zero-order valence-electron chi connectivity index (χ0n) is 15.5. The lowest BCUT2D eigenvalue weighted by Crippen LogP contribution is -2.35. The van der Waals surface area contributed by atoms with Crippen LogP contribution in [0.5, 0.6) is 0 Å². The number of benzene rings is 1. The van der Waals surface area contributed by atoms with E-state index in [9.17, 15) is 19.2 Å². The second-order valence-electron chi connectivity index (χ2n) is 6.49. The summed E-state index contributed by atoms with van der Waals surface area (Å²) in [5.74, 6) is -0.832. The number of nitrogens with two attached hydrogens (primary N) is 1. The zero-order valence-corrected chi connectivity index (χ0v) is 16.3. The minimum Gasteiger partial charge on any atom is -0.370 e. The molecule has 28 heavy (non-hydrogen) atoms. The molecule has 146 valence electrons. The van der Waals surface area contributed by atoms with E-state index in [0.29, 0.717) is 26.3 Å². The topological polar surface area (TPSA) is 127 Å². The van der Waals surface area contributed by atoms with E-state index in [1.54, 1.807) is 13.0 Å². The molecule has 0 aliphatic heterocycles. The first-order chi connectivity index (χ1) is 13.3. The highest BCUT2D eigenvalue weighted by molar-refractivity contribution is 7.20. The van der Waals surface area contributed by atoms with Gasteiger partial charge in [0.15, 0.2) is 0 Å². The number of para-hydroxylation sites is 1. The van der Waals surface area contributed by atoms with E-state index >= 15 is 0 Å². The first kappa shape index (κ1) is 19.6. The molecule has 1 aromatic carbocycles. The van der Waals surface area contributed by atoms with Crippen LogP contribution in [0.1, 0.15) is 33.6 Å². The molecule has 3 aromatic rings. The fourth-order valence-corrected chi connectivity index (χ4v) is 4.06. The number of fused-ring (bicyclic) bond motifs is 1. The molecule has 3 rings (SSSR count). The largest absolute Gasteiger partial charge is 0.370 e. The molecule has 0 bridgehead atoms. The van der Waals surface area contributed by atoms with Gasteiger partial charge in [-0.25, -0.2) is 4.79 Å². The molecular weight excluding hydrogens is 380 g/mol. The number of aryl methyl sites for hydroxylation is 2. The molecule has 8 nitrogen and oxygen atoms in total. The molecule has 0 radical (unpaired) electrons. The van der Waals surface area contributed by atoms with E-state index in [1.807, 2.05) is 25.1 Å². The summed E-state index contributed by atoms with van der Waals surface area (Å²) in [6, 6.07) is 7.38. The van der Waals surface area contributed by atoms with Crippen LogP contribution in [0, 0.1) is 13.8 Å². The number of carbonyl (C=O) groups excluding carboxylic acids is 2. The van der Waals surface area contributed by atoms with Crippen molar-refractivity contribution in [1.82, 2.24) is 9.55 Å². The van der Waals surface area contributed by atoms with Crippen LogP contribution in [0.3, 0.4) is 0 Å². The summed E-state index contributed by atoms with van der Waals surface area (Å²) in [5, 5.41) is 3.15. The van der Waals surface area contributed by atoms with Gasteiger partial charge in [0.1, 0.15) is 4.83 Å². The molecule has 0 fully saturated rings. The standard InChI is InChI=1S/C19H20N4O4S/c1-10-6-3-4-7-12(10)21-16(25)15-11(2)14-17(28-15)22-19(27)23(18(14)26)9-5-8-13(20)24/h3-4,6-7H,5,8-9H2,1-2H3,(H2,20,24)(H,21,25)(H,22,27). The van der Waals surface area contributed by atoms with Crippen molar-refractivity contribution in [1.29, 1.82) is 0 Å². The van der Waals surface area contributed by atoms with Crippen molar-refractivity contribution in [2.45, 2.75) is 33.2 Å².